The summed E-state index contributed by atoms with van der Waals surface area (Å²) in [6.07, 6.45) is 4.32. The highest BCUT2D eigenvalue weighted by Crippen LogP contribution is 2.00. The van der Waals surface area contributed by atoms with Gasteiger partial charge in [-0.2, -0.15) is 0 Å². The molecule has 0 radical (unpaired) electrons. The zero-order valence-corrected chi connectivity index (χ0v) is 9.81. The number of carbonyl (C=O) groups is 2. The van der Waals surface area contributed by atoms with Gasteiger partial charge in [-0.05, 0) is 11.5 Å². The van der Waals surface area contributed by atoms with E-state index in [1.165, 1.54) is 0 Å². The number of amides is 2. The van der Waals surface area contributed by atoms with E-state index in [1.807, 2.05) is 36.3 Å². The number of carbonyl (C=O) groups excluding carboxylic acids is 2. The van der Waals surface area contributed by atoms with Gasteiger partial charge in [-0.1, -0.05) is 30.3 Å². The van der Waals surface area contributed by atoms with Crippen molar-refractivity contribution >= 4 is 12.0 Å². The number of alkyl carbamates (subject to hydrolysis) is 1. The number of terminal acetylenes is 1. The van der Waals surface area contributed by atoms with Gasteiger partial charge in [-0.15, -0.1) is 6.42 Å². The summed E-state index contributed by atoms with van der Waals surface area (Å²) in [6.45, 7) is 0.744. The van der Waals surface area contributed by atoms with Crippen molar-refractivity contribution in [3.8, 4) is 12.3 Å². The predicted octanol–water partition coefficient (Wildman–Crippen LogP) is 0.662. The van der Waals surface area contributed by atoms with Gasteiger partial charge in [-0.3, -0.25) is 4.79 Å². The highest BCUT2D eigenvalue weighted by molar-refractivity contribution is 5.92. The van der Waals surface area contributed by atoms with Crippen LogP contribution in [0.1, 0.15) is 5.56 Å². The van der Waals surface area contributed by atoms with Crippen LogP contribution in [0.5, 0.6) is 0 Å². The smallest absolute Gasteiger partial charge is 0.407 e. The zero-order valence-electron chi connectivity index (χ0n) is 9.81. The maximum absolute atomic E-state index is 11.2. The lowest BCUT2D eigenvalue weighted by atomic mass is 10.2. The van der Waals surface area contributed by atoms with Gasteiger partial charge in [0.2, 0.25) is 0 Å². The fraction of sp³-hybridized carbons (Fsp3) is 0.231. The van der Waals surface area contributed by atoms with Crippen LogP contribution in [0.2, 0.25) is 0 Å². The van der Waals surface area contributed by atoms with Crippen LogP contribution in [-0.2, 0) is 16.1 Å². The van der Waals surface area contributed by atoms with E-state index in [1.54, 1.807) is 0 Å². The van der Waals surface area contributed by atoms with Crippen molar-refractivity contribution in [1.29, 1.82) is 0 Å². The minimum atomic E-state index is -0.534. The molecule has 2 amide bonds. The molecule has 0 unspecified atom stereocenters. The standard InChI is InChI=1S/C13H14N2O3/c1-2-12(16)14-8-9-15-13(17)18-10-11-6-4-3-5-7-11/h1,3-7H,8-10H2,(H,14,16)(H,15,17). The molecule has 0 heterocycles. The van der Waals surface area contributed by atoms with Gasteiger partial charge in [0.1, 0.15) is 6.61 Å². The predicted molar refractivity (Wildman–Crippen MR) is 66.5 cm³/mol. The van der Waals surface area contributed by atoms with Gasteiger partial charge in [0.25, 0.3) is 5.91 Å². The molecule has 5 heteroatoms. The largest absolute Gasteiger partial charge is 0.445 e. The number of hydrogen-bond donors (Lipinski definition) is 2. The van der Waals surface area contributed by atoms with Gasteiger partial charge >= 0.3 is 6.09 Å². The number of ether oxygens (including phenoxy) is 1. The Labute approximate surface area is 106 Å². The molecule has 5 nitrogen and oxygen atoms in total. The third kappa shape index (κ3) is 5.56. The van der Waals surface area contributed by atoms with E-state index in [0.717, 1.165) is 5.56 Å². The third-order valence-electron chi connectivity index (χ3n) is 2.02. The van der Waals surface area contributed by atoms with E-state index in [-0.39, 0.29) is 19.7 Å². The molecule has 0 atom stereocenters. The lowest BCUT2D eigenvalue weighted by Gasteiger charge is -2.07. The minimum Gasteiger partial charge on any atom is -0.445 e. The molecule has 1 aromatic rings. The van der Waals surface area contributed by atoms with Crippen LogP contribution in [0.25, 0.3) is 0 Å². The Morgan fingerprint density at radius 2 is 1.83 bits per heavy atom. The van der Waals surface area contributed by atoms with Gasteiger partial charge in [0.05, 0.1) is 0 Å². The molecule has 94 valence electrons. The van der Waals surface area contributed by atoms with Crippen molar-refractivity contribution in [2.45, 2.75) is 6.61 Å². The molecule has 2 N–H and O–H groups in total. The molecule has 0 aliphatic rings. The highest BCUT2D eigenvalue weighted by atomic mass is 16.5. The van der Waals surface area contributed by atoms with Crippen molar-refractivity contribution in [2.24, 2.45) is 0 Å². The van der Waals surface area contributed by atoms with Gasteiger partial charge < -0.3 is 15.4 Å². The maximum atomic E-state index is 11.2. The molecule has 18 heavy (non-hydrogen) atoms. The number of benzene rings is 1. The van der Waals surface area contributed by atoms with Gasteiger partial charge in [0.15, 0.2) is 0 Å². The lowest BCUT2D eigenvalue weighted by molar-refractivity contribution is -0.115. The second-order valence-corrected chi connectivity index (χ2v) is 3.39. The lowest BCUT2D eigenvalue weighted by Crippen LogP contribution is -2.34. The summed E-state index contributed by atoms with van der Waals surface area (Å²) in [5.74, 6) is 1.40. The van der Waals surface area contributed by atoms with E-state index in [0.29, 0.717) is 0 Å². The molecular formula is C13H14N2O3. The van der Waals surface area contributed by atoms with Crippen LogP contribution in [0.3, 0.4) is 0 Å². The van der Waals surface area contributed by atoms with Crippen molar-refractivity contribution in [3.05, 3.63) is 35.9 Å². The molecule has 0 spiro atoms. The Morgan fingerprint density at radius 1 is 1.17 bits per heavy atom. The molecule has 0 aliphatic heterocycles. The van der Waals surface area contributed by atoms with Crippen molar-refractivity contribution in [3.63, 3.8) is 0 Å². The molecule has 0 aromatic heterocycles. The molecule has 1 aromatic carbocycles. The Hall–Kier alpha value is -2.48. The second kappa shape index (κ2) is 7.74. The molecule has 0 saturated heterocycles. The molecule has 0 aliphatic carbocycles. The third-order valence-corrected chi connectivity index (χ3v) is 2.02. The number of nitrogens with one attached hydrogen (secondary N) is 2. The van der Waals surface area contributed by atoms with Crippen LogP contribution >= 0.6 is 0 Å². The number of rotatable bonds is 5. The summed E-state index contributed by atoms with van der Waals surface area (Å²) in [4.78, 5) is 21.9. The molecule has 0 bridgehead atoms. The molecule has 1 rings (SSSR count). The van der Waals surface area contributed by atoms with Crippen LogP contribution < -0.4 is 10.6 Å². The topological polar surface area (TPSA) is 67.4 Å². The van der Waals surface area contributed by atoms with Crippen molar-refractivity contribution < 1.29 is 14.3 Å². The number of hydrogen-bond acceptors (Lipinski definition) is 3. The van der Waals surface area contributed by atoms with Crippen LogP contribution in [0, 0.1) is 12.3 Å². The summed E-state index contributed by atoms with van der Waals surface area (Å²) >= 11 is 0. The first-order valence-electron chi connectivity index (χ1n) is 5.41. The SMILES string of the molecule is C#CC(=O)NCCNC(=O)OCc1ccccc1. The first kappa shape index (κ1) is 13.6. The van der Waals surface area contributed by atoms with E-state index in [2.05, 4.69) is 10.6 Å². The summed E-state index contributed by atoms with van der Waals surface area (Å²) in [5.41, 5.74) is 0.910. The molecule has 0 saturated carbocycles. The quantitative estimate of drug-likeness (QED) is 0.592. The second-order valence-electron chi connectivity index (χ2n) is 3.39. The average molecular weight is 246 g/mol. The van der Waals surface area contributed by atoms with Crippen LogP contribution in [-0.4, -0.2) is 25.1 Å². The fourth-order valence-electron chi connectivity index (χ4n) is 1.17. The van der Waals surface area contributed by atoms with E-state index in [4.69, 9.17) is 11.2 Å². The summed E-state index contributed by atoms with van der Waals surface area (Å²) in [6, 6.07) is 9.34. The van der Waals surface area contributed by atoms with Crippen molar-refractivity contribution in [2.75, 3.05) is 13.1 Å². The summed E-state index contributed by atoms with van der Waals surface area (Å²) < 4.78 is 4.96. The summed E-state index contributed by atoms with van der Waals surface area (Å²) in [5, 5.41) is 4.90. The average Bonchev–Trinajstić information content (AvgIpc) is 2.42. The normalized spacial score (nSPS) is 9.06. The maximum Gasteiger partial charge on any atom is 0.407 e. The van der Waals surface area contributed by atoms with Crippen LogP contribution in [0.15, 0.2) is 30.3 Å². The Bertz CT molecular complexity index is 437. The highest BCUT2D eigenvalue weighted by Gasteiger charge is 2.01. The molecule has 0 fully saturated rings. The molecular weight excluding hydrogens is 232 g/mol. The first-order chi connectivity index (χ1) is 8.72. The Balaban J connectivity index is 2.11. The van der Waals surface area contributed by atoms with Gasteiger partial charge in [-0.25, -0.2) is 4.79 Å². The Morgan fingerprint density at radius 3 is 2.50 bits per heavy atom. The van der Waals surface area contributed by atoms with E-state index in [9.17, 15) is 9.59 Å². The monoisotopic (exact) mass is 246 g/mol. The Kier molecular flexibility index (Phi) is 5.84. The summed E-state index contributed by atoms with van der Waals surface area (Å²) in [7, 11) is 0. The minimum absolute atomic E-state index is 0.212. The van der Waals surface area contributed by atoms with Crippen LogP contribution in [0.4, 0.5) is 4.79 Å². The van der Waals surface area contributed by atoms with E-state index < -0.39 is 12.0 Å². The zero-order chi connectivity index (χ0) is 13.2. The van der Waals surface area contributed by atoms with Crippen molar-refractivity contribution in [1.82, 2.24) is 10.6 Å². The fourth-order valence-corrected chi connectivity index (χ4v) is 1.17. The first-order valence-corrected chi connectivity index (χ1v) is 5.41. The van der Waals surface area contributed by atoms with Gasteiger partial charge in [0, 0.05) is 13.1 Å². The van der Waals surface area contributed by atoms with E-state index >= 15 is 0 Å².